The average Bonchev–Trinajstić information content (AvgIpc) is 3.22. The highest BCUT2D eigenvalue weighted by atomic mass is 32.2. The Labute approximate surface area is 179 Å². The third-order valence-corrected chi connectivity index (χ3v) is 8.36. The Kier molecular flexibility index (Phi) is 7.13. The molecule has 2 N–H and O–H groups in total. The lowest BCUT2D eigenvalue weighted by Gasteiger charge is -2.07. The van der Waals surface area contributed by atoms with Crippen LogP contribution in [0.15, 0.2) is 13.5 Å². The normalized spacial score (nSPS) is 12.4. The van der Waals surface area contributed by atoms with Crippen LogP contribution in [0.5, 0.6) is 0 Å². The van der Waals surface area contributed by atoms with Crippen LogP contribution in [0.1, 0.15) is 41.8 Å². The molecule has 7 nitrogen and oxygen atoms in total. The van der Waals surface area contributed by atoms with Gasteiger partial charge in [-0.15, -0.1) is 21.5 Å². The number of hydrogen-bond donors (Lipinski definition) is 2. The van der Waals surface area contributed by atoms with Crippen LogP contribution in [0, 0.1) is 13.8 Å². The van der Waals surface area contributed by atoms with Crippen LogP contribution in [0.2, 0.25) is 0 Å². The van der Waals surface area contributed by atoms with Crippen LogP contribution in [0.25, 0.3) is 10.2 Å². The molecule has 1 atom stereocenters. The summed E-state index contributed by atoms with van der Waals surface area (Å²) < 4.78 is 1.54. The number of nitrogens with one attached hydrogen (secondary N) is 2. The first kappa shape index (κ1) is 21.3. The largest absolute Gasteiger partial charge is 0.355 e. The first-order valence-electron chi connectivity index (χ1n) is 8.78. The molecular formula is C17H21N5O2S4. The van der Waals surface area contributed by atoms with Gasteiger partial charge in [0.25, 0.3) is 5.56 Å². The molecule has 1 unspecified atom stereocenters. The molecule has 3 aromatic heterocycles. The fourth-order valence-corrected chi connectivity index (χ4v) is 6.51. The molecule has 28 heavy (non-hydrogen) atoms. The van der Waals surface area contributed by atoms with E-state index in [1.807, 2.05) is 27.7 Å². The monoisotopic (exact) mass is 455 g/mol. The predicted octanol–water partition coefficient (Wildman–Crippen LogP) is 3.92. The van der Waals surface area contributed by atoms with Crippen molar-refractivity contribution in [3.8, 4) is 0 Å². The quantitative estimate of drug-likeness (QED) is 0.496. The maximum absolute atomic E-state index is 12.5. The van der Waals surface area contributed by atoms with Gasteiger partial charge in [-0.05, 0) is 32.8 Å². The fourth-order valence-electron chi connectivity index (χ4n) is 2.42. The van der Waals surface area contributed by atoms with E-state index in [-0.39, 0.29) is 16.7 Å². The molecule has 0 aliphatic carbocycles. The molecule has 0 aliphatic rings. The van der Waals surface area contributed by atoms with Gasteiger partial charge in [0.05, 0.1) is 16.4 Å². The van der Waals surface area contributed by atoms with E-state index in [0.717, 1.165) is 30.4 Å². The van der Waals surface area contributed by atoms with E-state index in [9.17, 15) is 9.59 Å². The second-order valence-corrected chi connectivity index (χ2v) is 11.1. The van der Waals surface area contributed by atoms with Crippen molar-refractivity contribution in [2.24, 2.45) is 0 Å². The first-order chi connectivity index (χ1) is 13.4. The van der Waals surface area contributed by atoms with E-state index in [1.54, 1.807) is 11.3 Å². The molecule has 150 valence electrons. The molecule has 0 fully saturated rings. The van der Waals surface area contributed by atoms with Gasteiger partial charge < -0.3 is 10.3 Å². The Morgan fingerprint density at radius 3 is 2.75 bits per heavy atom. The standard InChI is InChI=1S/C17H21N5O2S4/c1-5-6-18-11(23)7-25-16-21-22-17(28-16)27-10(4)13-19-14(24)12-8(2)9(3)26-15(12)20-13/h10H,5-7H2,1-4H3,(H,18,23)(H,19,20,24). The van der Waals surface area contributed by atoms with Crippen LogP contribution in [-0.4, -0.2) is 38.4 Å². The number of H-pyrrole nitrogens is 1. The fraction of sp³-hybridized carbons (Fsp3) is 0.471. The Morgan fingerprint density at radius 1 is 1.25 bits per heavy atom. The van der Waals surface area contributed by atoms with Crippen LogP contribution in [-0.2, 0) is 4.79 Å². The highest BCUT2D eigenvalue weighted by Gasteiger charge is 2.18. The highest BCUT2D eigenvalue weighted by molar-refractivity contribution is 8.03. The molecule has 11 heteroatoms. The molecule has 0 radical (unpaired) electrons. The van der Waals surface area contributed by atoms with E-state index in [0.29, 0.717) is 23.5 Å². The van der Waals surface area contributed by atoms with Gasteiger partial charge in [0, 0.05) is 11.4 Å². The van der Waals surface area contributed by atoms with E-state index in [4.69, 9.17) is 0 Å². The number of aryl methyl sites for hydroxylation is 2. The van der Waals surface area contributed by atoms with E-state index in [1.165, 1.54) is 34.9 Å². The third kappa shape index (κ3) is 4.94. The van der Waals surface area contributed by atoms with Crippen molar-refractivity contribution in [1.29, 1.82) is 0 Å². The van der Waals surface area contributed by atoms with Gasteiger partial charge in [-0.2, -0.15) is 0 Å². The SMILES string of the molecule is CCCNC(=O)CSc1nnc(SC(C)c2nc3sc(C)c(C)c3c(=O)[nH]2)s1. The van der Waals surface area contributed by atoms with Crippen molar-refractivity contribution in [2.75, 3.05) is 12.3 Å². The molecule has 3 aromatic rings. The first-order valence-corrected chi connectivity index (χ1v) is 12.3. The predicted molar refractivity (Wildman–Crippen MR) is 118 cm³/mol. The summed E-state index contributed by atoms with van der Waals surface area (Å²) in [6.45, 7) is 8.64. The number of amides is 1. The number of aromatic nitrogens is 4. The number of rotatable bonds is 8. The Bertz CT molecular complexity index is 1040. The Balaban J connectivity index is 1.66. The third-order valence-electron chi connectivity index (χ3n) is 4.01. The molecule has 1 amide bonds. The minimum atomic E-state index is -0.0964. The minimum absolute atomic E-state index is 0.00114. The van der Waals surface area contributed by atoms with Gasteiger partial charge in [0.15, 0.2) is 8.68 Å². The molecule has 0 aromatic carbocycles. The van der Waals surface area contributed by atoms with Crippen molar-refractivity contribution in [2.45, 2.75) is 48.0 Å². The topological polar surface area (TPSA) is 101 Å². The highest BCUT2D eigenvalue weighted by Crippen LogP contribution is 2.37. The van der Waals surface area contributed by atoms with Gasteiger partial charge >= 0.3 is 0 Å². The maximum Gasteiger partial charge on any atom is 0.259 e. The van der Waals surface area contributed by atoms with Crippen molar-refractivity contribution >= 4 is 62.3 Å². The molecule has 0 saturated carbocycles. The number of aromatic amines is 1. The lowest BCUT2D eigenvalue weighted by molar-refractivity contribution is -0.118. The van der Waals surface area contributed by atoms with Crippen LogP contribution < -0.4 is 10.9 Å². The summed E-state index contributed by atoms with van der Waals surface area (Å²) >= 11 is 5.86. The summed E-state index contributed by atoms with van der Waals surface area (Å²) in [5.74, 6) is 0.964. The second-order valence-electron chi connectivity index (χ2n) is 6.15. The van der Waals surface area contributed by atoms with Gasteiger partial charge in [-0.25, -0.2) is 4.98 Å². The average molecular weight is 456 g/mol. The summed E-state index contributed by atoms with van der Waals surface area (Å²) in [7, 11) is 0. The zero-order valence-electron chi connectivity index (χ0n) is 16.0. The maximum atomic E-state index is 12.5. The summed E-state index contributed by atoms with van der Waals surface area (Å²) in [6.07, 6.45) is 0.917. The molecular weight excluding hydrogens is 434 g/mol. The molecule has 0 aliphatic heterocycles. The van der Waals surface area contributed by atoms with Crippen molar-refractivity contribution < 1.29 is 4.79 Å². The van der Waals surface area contributed by atoms with Gasteiger partial charge in [0.1, 0.15) is 10.7 Å². The number of fused-ring (bicyclic) bond motifs is 1. The Morgan fingerprint density at radius 2 is 2.00 bits per heavy atom. The molecule has 3 rings (SSSR count). The van der Waals surface area contributed by atoms with Crippen molar-refractivity contribution in [1.82, 2.24) is 25.5 Å². The number of thiophene rings is 1. The van der Waals surface area contributed by atoms with E-state index >= 15 is 0 Å². The van der Waals surface area contributed by atoms with Crippen LogP contribution in [0.4, 0.5) is 0 Å². The number of carbonyl (C=O) groups is 1. The number of thioether (sulfide) groups is 2. The summed E-state index contributed by atoms with van der Waals surface area (Å²) in [4.78, 5) is 33.6. The lowest BCUT2D eigenvalue weighted by atomic mass is 10.2. The number of nitrogens with zero attached hydrogens (tertiary/aromatic N) is 3. The number of carbonyl (C=O) groups excluding carboxylic acids is 1. The van der Waals surface area contributed by atoms with E-state index in [2.05, 4.69) is 25.5 Å². The summed E-state index contributed by atoms with van der Waals surface area (Å²) in [5, 5.41) is 11.8. The minimum Gasteiger partial charge on any atom is -0.355 e. The molecule has 0 bridgehead atoms. The van der Waals surface area contributed by atoms with Crippen LogP contribution in [0.3, 0.4) is 0 Å². The summed E-state index contributed by atoms with van der Waals surface area (Å²) in [6, 6.07) is 0. The van der Waals surface area contributed by atoms with E-state index < -0.39 is 0 Å². The Hall–Kier alpha value is -1.43. The van der Waals surface area contributed by atoms with Crippen molar-refractivity contribution in [3.63, 3.8) is 0 Å². The zero-order chi connectivity index (χ0) is 20.3. The molecule has 3 heterocycles. The van der Waals surface area contributed by atoms with Gasteiger partial charge in [-0.1, -0.05) is 41.8 Å². The smallest absolute Gasteiger partial charge is 0.259 e. The van der Waals surface area contributed by atoms with Gasteiger partial charge in [0.2, 0.25) is 5.91 Å². The summed E-state index contributed by atoms with van der Waals surface area (Å²) in [5.41, 5.74) is 0.898. The van der Waals surface area contributed by atoms with Crippen LogP contribution >= 0.6 is 46.2 Å². The zero-order valence-corrected chi connectivity index (χ0v) is 19.3. The van der Waals surface area contributed by atoms with Crippen molar-refractivity contribution in [3.05, 3.63) is 26.6 Å². The molecule has 0 spiro atoms. The lowest BCUT2D eigenvalue weighted by Crippen LogP contribution is -2.25. The second kappa shape index (κ2) is 9.38. The van der Waals surface area contributed by atoms with Gasteiger partial charge in [-0.3, -0.25) is 9.59 Å². The molecule has 0 saturated heterocycles. The number of hydrogen-bond acceptors (Lipinski definition) is 9.